The van der Waals surface area contributed by atoms with Crippen LogP contribution in [-0.4, -0.2) is 44.1 Å². The van der Waals surface area contributed by atoms with Gasteiger partial charge < -0.3 is 9.84 Å². The molecule has 3 rings (SSSR count). The summed E-state index contributed by atoms with van der Waals surface area (Å²) < 4.78 is 31.0. The van der Waals surface area contributed by atoms with Crippen molar-refractivity contribution < 1.29 is 12.9 Å². The number of hydrogen-bond donors (Lipinski definition) is 1. The van der Waals surface area contributed by atoms with Gasteiger partial charge in [-0.25, -0.2) is 12.7 Å². The maximum Gasteiger partial charge on any atom is 0.219 e. The molecule has 0 aromatic carbocycles. The van der Waals surface area contributed by atoms with Gasteiger partial charge in [-0.1, -0.05) is 5.16 Å². The van der Waals surface area contributed by atoms with Gasteiger partial charge in [0.1, 0.15) is 17.2 Å². The summed E-state index contributed by atoms with van der Waals surface area (Å²) in [6, 6.07) is 1.68. The number of nitrogens with one attached hydrogen (secondary N) is 1. The molecule has 0 bridgehead atoms. The van der Waals surface area contributed by atoms with Crippen LogP contribution in [0, 0.1) is 18.8 Å². The second kappa shape index (κ2) is 4.32. The van der Waals surface area contributed by atoms with Crippen molar-refractivity contribution in [2.24, 2.45) is 11.8 Å². The zero-order valence-corrected chi connectivity index (χ0v) is 11.1. The molecule has 2 unspecified atom stereocenters. The first-order valence-corrected chi connectivity index (χ1v) is 7.76. The molecule has 0 aliphatic carbocycles. The van der Waals surface area contributed by atoms with Gasteiger partial charge in [-0.2, -0.15) is 0 Å². The molecule has 18 heavy (non-hydrogen) atoms. The summed E-state index contributed by atoms with van der Waals surface area (Å²) in [4.78, 5) is 0. The number of aryl methyl sites for hydroxylation is 1. The van der Waals surface area contributed by atoms with Gasteiger partial charge in [-0.15, -0.1) is 0 Å². The van der Waals surface area contributed by atoms with Crippen LogP contribution in [0.25, 0.3) is 0 Å². The van der Waals surface area contributed by atoms with Gasteiger partial charge in [-0.05, 0) is 31.8 Å². The van der Waals surface area contributed by atoms with Gasteiger partial charge in [-0.3, -0.25) is 0 Å². The molecule has 2 atom stereocenters. The summed E-state index contributed by atoms with van der Waals surface area (Å²) in [7, 11) is -3.26. The Labute approximate surface area is 106 Å². The lowest BCUT2D eigenvalue weighted by Gasteiger charge is -2.16. The molecule has 6 nitrogen and oxygen atoms in total. The molecule has 100 valence electrons. The lowest BCUT2D eigenvalue weighted by Crippen LogP contribution is -2.32. The molecule has 7 heteroatoms. The Kier molecular flexibility index (Phi) is 2.91. The largest absolute Gasteiger partial charge is 0.361 e. The molecular formula is C11H17N3O3S. The highest BCUT2D eigenvalue weighted by molar-refractivity contribution is 7.88. The third-order valence-corrected chi connectivity index (χ3v) is 5.50. The fraction of sp³-hybridized carbons (Fsp3) is 0.727. The summed E-state index contributed by atoms with van der Waals surface area (Å²) in [5.74, 6) is 1.53. The van der Waals surface area contributed by atoms with Crippen LogP contribution in [0.5, 0.6) is 0 Å². The van der Waals surface area contributed by atoms with E-state index in [9.17, 15) is 8.42 Å². The molecule has 2 fully saturated rings. The Morgan fingerprint density at radius 3 is 2.67 bits per heavy atom. The summed E-state index contributed by atoms with van der Waals surface area (Å²) in [5, 5.41) is 7.05. The first-order chi connectivity index (χ1) is 8.54. The van der Waals surface area contributed by atoms with Crippen LogP contribution in [-0.2, 0) is 15.8 Å². The zero-order valence-electron chi connectivity index (χ0n) is 10.3. The van der Waals surface area contributed by atoms with E-state index in [1.54, 1.807) is 17.3 Å². The van der Waals surface area contributed by atoms with Gasteiger partial charge in [0.05, 0.1) is 0 Å². The van der Waals surface area contributed by atoms with Crippen molar-refractivity contribution >= 4 is 10.0 Å². The van der Waals surface area contributed by atoms with Crippen LogP contribution in [0.1, 0.15) is 11.5 Å². The monoisotopic (exact) mass is 271 g/mol. The quantitative estimate of drug-likeness (QED) is 0.835. The molecule has 1 aromatic rings. The molecular weight excluding hydrogens is 254 g/mol. The number of sulfonamides is 1. The van der Waals surface area contributed by atoms with Crippen LogP contribution >= 0.6 is 0 Å². The highest BCUT2D eigenvalue weighted by Gasteiger charge is 2.41. The van der Waals surface area contributed by atoms with E-state index in [0.29, 0.717) is 36.4 Å². The molecule has 0 saturated carbocycles. The average molecular weight is 271 g/mol. The Bertz CT molecular complexity index is 527. The molecule has 0 amide bonds. The van der Waals surface area contributed by atoms with Crippen LogP contribution in [0.15, 0.2) is 10.6 Å². The van der Waals surface area contributed by atoms with Gasteiger partial charge in [0.15, 0.2) is 0 Å². The molecule has 0 radical (unpaired) electrons. The predicted octanol–water partition coefficient (Wildman–Crippen LogP) is -0.0360. The lowest BCUT2D eigenvalue weighted by atomic mass is 10.0. The summed E-state index contributed by atoms with van der Waals surface area (Å²) in [6.07, 6.45) is 0. The minimum atomic E-state index is -3.26. The average Bonchev–Trinajstić information content (AvgIpc) is 2.91. The second-order valence-electron chi connectivity index (χ2n) is 5.18. The maximum atomic E-state index is 12.3. The highest BCUT2D eigenvalue weighted by Crippen LogP contribution is 2.29. The molecule has 2 aliphatic heterocycles. The van der Waals surface area contributed by atoms with Crippen molar-refractivity contribution in [3.63, 3.8) is 0 Å². The molecule has 1 N–H and O–H groups in total. The molecule has 0 spiro atoms. The van der Waals surface area contributed by atoms with E-state index in [0.717, 1.165) is 13.1 Å². The third-order valence-electron chi connectivity index (χ3n) is 3.76. The minimum absolute atomic E-state index is 0.0583. The molecule has 2 aliphatic rings. The Balaban J connectivity index is 1.71. The standard InChI is InChI=1S/C11H17N3O3S/c1-8-2-11(13-17-8)7-18(15,16)14-5-9-3-12-4-10(9)6-14/h2,9-10,12H,3-7H2,1H3. The highest BCUT2D eigenvalue weighted by atomic mass is 32.2. The number of aromatic nitrogens is 1. The van der Waals surface area contributed by atoms with Gasteiger partial charge in [0, 0.05) is 19.2 Å². The van der Waals surface area contributed by atoms with E-state index < -0.39 is 10.0 Å². The number of rotatable bonds is 3. The van der Waals surface area contributed by atoms with Crippen molar-refractivity contribution in [3.8, 4) is 0 Å². The van der Waals surface area contributed by atoms with Crippen LogP contribution in [0.4, 0.5) is 0 Å². The van der Waals surface area contributed by atoms with E-state index in [2.05, 4.69) is 10.5 Å². The smallest absolute Gasteiger partial charge is 0.219 e. The third kappa shape index (κ3) is 2.17. The number of fused-ring (bicyclic) bond motifs is 1. The molecule has 2 saturated heterocycles. The fourth-order valence-electron chi connectivity index (χ4n) is 2.80. The first-order valence-electron chi connectivity index (χ1n) is 6.15. The van der Waals surface area contributed by atoms with Crippen molar-refractivity contribution in [1.82, 2.24) is 14.8 Å². The first kappa shape index (κ1) is 12.1. The van der Waals surface area contributed by atoms with Gasteiger partial charge in [0.2, 0.25) is 10.0 Å². The van der Waals surface area contributed by atoms with Crippen molar-refractivity contribution in [2.45, 2.75) is 12.7 Å². The van der Waals surface area contributed by atoms with E-state index in [-0.39, 0.29) is 5.75 Å². The topological polar surface area (TPSA) is 75.4 Å². The Morgan fingerprint density at radius 1 is 1.44 bits per heavy atom. The van der Waals surface area contributed by atoms with Crippen LogP contribution < -0.4 is 5.32 Å². The summed E-state index contributed by atoms with van der Waals surface area (Å²) in [6.45, 7) is 4.89. The lowest BCUT2D eigenvalue weighted by molar-refractivity contribution is 0.391. The maximum absolute atomic E-state index is 12.3. The Morgan fingerprint density at radius 2 is 2.11 bits per heavy atom. The summed E-state index contributed by atoms with van der Waals surface area (Å²) in [5.41, 5.74) is 0.489. The molecule has 1 aromatic heterocycles. The number of hydrogen-bond acceptors (Lipinski definition) is 5. The van der Waals surface area contributed by atoms with E-state index in [1.165, 1.54) is 0 Å². The van der Waals surface area contributed by atoms with Crippen LogP contribution in [0.3, 0.4) is 0 Å². The van der Waals surface area contributed by atoms with Gasteiger partial charge in [0.25, 0.3) is 0 Å². The Hall–Kier alpha value is -0.920. The van der Waals surface area contributed by atoms with E-state index in [4.69, 9.17) is 4.52 Å². The van der Waals surface area contributed by atoms with Crippen molar-refractivity contribution in [1.29, 1.82) is 0 Å². The predicted molar refractivity (Wildman–Crippen MR) is 65.3 cm³/mol. The SMILES string of the molecule is Cc1cc(CS(=O)(=O)N2CC3CNCC3C2)no1. The summed E-state index contributed by atoms with van der Waals surface area (Å²) >= 11 is 0. The zero-order chi connectivity index (χ0) is 12.8. The normalized spacial score (nSPS) is 28.7. The van der Waals surface area contributed by atoms with E-state index >= 15 is 0 Å². The molecule has 3 heterocycles. The number of nitrogens with zero attached hydrogens (tertiary/aromatic N) is 2. The fourth-order valence-corrected chi connectivity index (χ4v) is 4.33. The second-order valence-corrected chi connectivity index (χ2v) is 7.15. The van der Waals surface area contributed by atoms with Crippen molar-refractivity contribution in [3.05, 3.63) is 17.5 Å². The van der Waals surface area contributed by atoms with Gasteiger partial charge >= 0.3 is 0 Å². The van der Waals surface area contributed by atoms with E-state index in [1.807, 2.05) is 0 Å². The van der Waals surface area contributed by atoms with Crippen LogP contribution in [0.2, 0.25) is 0 Å². The van der Waals surface area contributed by atoms with Crippen molar-refractivity contribution in [2.75, 3.05) is 26.2 Å². The minimum Gasteiger partial charge on any atom is -0.361 e.